The van der Waals surface area contributed by atoms with E-state index in [0.717, 1.165) is 45.8 Å². The zero-order valence-electron chi connectivity index (χ0n) is 13.7. The van der Waals surface area contributed by atoms with Crippen LogP contribution in [0.1, 0.15) is 17.5 Å². The molecule has 0 aromatic heterocycles. The van der Waals surface area contributed by atoms with E-state index in [1.165, 1.54) is 11.1 Å². The van der Waals surface area contributed by atoms with Crippen LogP contribution < -0.4 is 5.32 Å². The van der Waals surface area contributed by atoms with Gasteiger partial charge < -0.3 is 10.1 Å². The van der Waals surface area contributed by atoms with Crippen LogP contribution in [0.4, 0.5) is 0 Å². The lowest BCUT2D eigenvalue weighted by molar-refractivity contribution is -0.00519. The molecule has 1 aliphatic rings. The lowest BCUT2D eigenvalue weighted by atomic mass is 10.1. The fraction of sp³-hybridized carbons (Fsp3) is 0.400. The predicted octanol–water partition coefficient (Wildman–Crippen LogP) is 3.07. The fourth-order valence-electron chi connectivity index (χ4n) is 2.86. The van der Waals surface area contributed by atoms with Crippen LogP contribution in [0.3, 0.4) is 0 Å². The van der Waals surface area contributed by atoms with E-state index in [1.807, 2.05) is 0 Å². The molecule has 1 fully saturated rings. The quantitative estimate of drug-likeness (QED) is 0.720. The number of hydrogen-bond acceptors (Lipinski definition) is 3. The summed E-state index contributed by atoms with van der Waals surface area (Å²) in [6.45, 7) is 5.92. The van der Waals surface area contributed by atoms with Gasteiger partial charge in [-0.2, -0.15) is 0 Å². The third-order valence-electron chi connectivity index (χ3n) is 4.22. The highest BCUT2D eigenvalue weighted by molar-refractivity contribution is 5.17. The number of benzene rings is 2. The predicted molar refractivity (Wildman–Crippen MR) is 94.2 cm³/mol. The molecule has 122 valence electrons. The molecule has 1 heterocycles. The average Bonchev–Trinajstić information content (AvgIpc) is 2.55. The maximum absolute atomic E-state index is 5.20. The van der Waals surface area contributed by atoms with Gasteiger partial charge in [-0.25, -0.2) is 0 Å². The molecule has 2 aromatic carbocycles. The first-order valence-corrected chi connectivity index (χ1v) is 8.51. The van der Waals surface area contributed by atoms with Gasteiger partial charge in [-0.1, -0.05) is 60.7 Å². The Bertz CT molecular complexity index is 513. The van der Waals surface area contributed by atoms with Crippen LogP contribution in [0.5, 0.6) is 0 Å². The van der Waals surface area contributed by atoms with Crippen LogP contribution >= 0.6 is 0 Å². The number of ether oxygens (including phenoxy) is 1. The first kappa shape index (κ1) is 16.2. The molecule has 23 heavy (non-hydrogen) atoms. The molecule has 0 amide bonds. The van der Waals surface area contributed by atoms with Crippen molar-refractivity contribution < 1.29 is 4.74 Å². The smallest absolute Gasteiger partial charge is 0.0643 e. The second-order valence-corrected chi connectivity index (χ2v) is 6.22. The molecule has 3 nitrogen and oxygen atoms in total. The van der Waals surface area contributed by atoms with Gasteiger partial charge in [0.25, 0.3) is 0 Å². The van der Waals surface area contributed by atoms with Gasteiger partial charge in [0, 0.05) is 19.6 Å². The van der Waals surface area contributed by atoms with E-state index in [4.69, 9.17) is 4.74 Å². The van der Waals surface area contributed by atoms with Crippen molar-refractivity contribution in [2.75, 3.05) is 26.3 Å². The van der Waals surface area contributed by atoms with Gasteiger partial charge in [0.2, 0.25) is 0 Å². The van der Waals surface area contributed by atoms with E-state index in [9.17, 15) is 0 Å². The minimum atomic E-state index is 0.576. The second-order valence-electron chi connectivity index (χ2n) is 6.22. The van der Waals surface area contributed by atoms with Gasteiger partial charge in [-0.3, -0.25) is 4.90 Å². The molecular formula is C20H26N2O. The Hall–Kier alpha value is -1.68. The van der Waals surface area contributed by atoms with Gasteiger partial charge in [-0.15, -0.1) is 0 Å². The third kappa shape index (κ3) is 5.47. The molecule has 1 aliphatic heterocycles. The van der Waals surface area contributed by atoms with Crippen LogP contribution in [-0.2, 0) is 17.8 Å². The Labute approximate surface area is 139 Å². The van der Waals surface area contributed by atoms with Crippen LogP contribution in [0.2, 0.25) is 0 Å². The van der Waals surface area contributed by atoms with Crippen LogP contribution in [0, 0.1) is 0 Å². The van der Waals surface area contributed by atoms with Gasteiger partial charge in [0.05, 0.1) is 19.3 Å². The summed E-state index contributed by atoms with van der Waals surface area (Å²) in [6.07, 6.45) is 1.16. The summed E-state index contributed by atoms with van der Waals surface area (Å²) in [5, 5.41) is 3.55. The highest BCUT2D eigenvalue weighted by Gasteiger charge is 2.16. The summed E-state index contributed by atoms with van der Waals surface area (Å²) in [7, 11) is 0. The first-order chi connectivity index (χ1) is 11.4. The van der Waals surface area contributed by atoms with Crippen LogP contribution in [0.15, 0.2) is 60.7 Å². The number of hydrogen-bond donors (Lipinski definition) is 1. The molecule has 1 saturated heterocycles. The second kappa shape index (κ2) is 8.82. The molecule has 0 spiro atoms. The van der Waals surface area contributed by atoms with Crippen molar-refractivity contribution >= 4 is 0 Å². The van der Waals surface area contributed by atoms with Gasteiger partial charge in [0.15, 0.2) is 0 Å². The van der Waals surface area contributed by atoms with Crippen molar-refractivity contribution in [1.29, 1.82) is 0 Å². The van der Waals surface area contributed by atoms with Crippen molar-refractivity contribution in [3.05, 3.63) is 71.8 Å². The summed E-state index contributed by atoms with van der Waals surface area (Å²) in [4.78, 5) is 2.53. The van der Waals surface area contributed by atoms with Crippen molar-refractivity contribution in [3.8, 4) is 0 Å². The SMILES string of the molecule is c1ccc(CN(CCCNC2COC2)Cc2ccccc2)cc1. The number of rotatable bonds is 9. The molecular weight excluding hydrogens is 284 g/mol. The molecule has 0 unspecified atom stereocenters. The normalized spacial score (nSPS) is 14.8. The van der Waals surface area contributed by atoms with E-state index >= 15 is 0 Å². The van der Waals surface area contributed by atoms with Crippen LogP contribution in [0.25, 0.3) is 0 Å². The van der Waals surface area contributed by atoms with Crippen molar-refractivity contribution in [2.24, 2.45) is 0 Å². The van der Waals surface area contributed by atoms with Crippen molar-refractivity contribution in [2.45, 2.75) is 25.6 Å². The summed E-state index contributed by atoms with van der Waals surface area (Å²) >= 11 is 0. The van der Waals surface area contributed by atoms with E-state index in [2.05, 4.69) is 70.9 Å². The molecule has 0 saturated carbocycles. The standard InChI is InChI=1S/C20H26N2O/c1-3-8-18(9-4-1)14-22(15-19-10-5-2-6-11-19)13-7-12-21-20-16-23-17-20/h1-6,8-11,20-21H,7,12-17H2. The summed E-state index contributed by atoms with van der Waals surface area (Å²) in [5.74, 6) is 0. The topological polar surface area (TPSA) is 24.5 Å². The molecule has 3 heteroatoms. The molecule has 3 rings (SSSR count). The largest absolute Gasteiger partial charge is 0.378 e. The Morgan fingerprint density at radius 1 is 0.870 bits per heavy atom. The van der Waals surface area contributed by atoms with Gasteiger partial charge >= 0.3 is 0 Å². The average molecular weight is 310 g/mol. The van der Waals surface area contributed by atoms with E-state index in [-0.39, 0.29) is 0 Å². The highest BCUT2D eigenvalue weighted by atomic mass is 16.5. The summed E-state index contributed by atoms with van der Waals surface area (Å²) in [5.41, 5.74) is 2.76. The maximum Gasteiger partial charge on any atom is 0.0643 e. The Morgan fingerprint density at radius 2 is 1.43 bits per heavy atom. The Kier molecular flexibility index (Phi) is 6.21. The third-order valence-corrected chi connectivity index (χ3v) is 4.22. The highest BCUT2D eigenvalue weighted by Crippen LogP contribution is 2.10. The van der Waals surface area contributed by atoms with Crippen LogP contribution in [-0.4, -0.2) is 37.2 Å². The molecule has 0 bridgehead atoms. The molecule has 0 aliphatic carbocycles. The lowest BCUT2D eigenvalue weighted by Gasteiger charge is -2.28. The maximum atomic E-state index is 5.20. The number of nitrogens with zero attached hydrogens (tertiary/aromatic N) is 1. The zero-order chi connectivity index (χ0) is 15.7. The molecule has 0 atom stereocenters. The van der Waals surface area contributed by atoms with E-state index in [1.54, 1.807) is 0 Å². The van der Waals surface area contributed by atoms with Crippen molar-refractivity contribution in [1.82, 2.24) is 10.2 Å². The minimum absolute atomic E-state index is 0.576. The van der Waals surface area contributed by atoms with E-state index in [0.29, 0.717) is 6.04 Å². The Balaban J connectivity index is 1.51. The van der Waals surface area contributed by atoms with Gasteiger partial charge in [0.1, 0.15) is 0 Å². The Morgan fingerprint density at radius 3 is 1.91 bits per heavy atom. The molecule has 0 radical (unpaired) electrons. The van der Waals surface area contributed by atoms with Gasteiger partial charge in [-0.05, 0) is 24.1 Å². The number of nitrogens with one attached hydrogen (secondary N) is 1. The minimum Gasteiger partial charge on any atom is -0.378 e. The summed E-state index contributed by atoms with van der Waals surface area (Å²) in [6, 6.07) is 22.1. The molecule has 2 aromatic rings. The summed E-state index contributed by atoms with van der Waals surface area (Å²) < 4.78 is 5.20. The van der Waals surface area contributed by atoms with E-state index < -0.39 is 0 Å². The lowest BCUT2D eigenvalue weighted by Crippen LogP contribution is -2.46. The fourth-order valence-corrected chi connectivity index (χ4v) is 2.86. The van der Waals surface area contributed by atoms with Crippen molar-refractivity contribution in [3.63, 3.8) is 0 Å². The monoisotopic (exact) mass is 310 g/mol. The molecule has 1 N–H and O–H groups in total. The zero-order valence-corrected chi connectivity index (χ0v) is 13.7. The first-order valence-electron chi connectivity index (χ1n) is 8.51.